The summed E-state index contributed by atoms with van der Waals surface area (Å²) >= 11 is 6.41. The maximum absolute atomic E-state index is 13.0. The van der Waals surface area contributed by atoms with Gasteiger partial charge in [-0.1, -0.05) is 50.8 Å². The average molecular weight is 418 g/mol. The Bertz CT molecular complexity index is 742. The molecule has 2 heterocycles. The topological polar surface area (TPSA) is 44.4 Å². The SMILES string of the molecule is C.O=C(NCC12CCCC(CCC1)C2)c1cc(CN2CC3CC2CN3)ccc1Cl. The molecule has 2 saturated carbocycles. The number of carbonyl (C=O) groups excluding carboxylic acids is 1. The first kappa shape index (κ1) is 21.1. The maximum atomic E-state index is 13.0. The van der Waals surface area contributed by atoms with E-state index in [0.717, 1.165) is 32.1 Å². The summed E-state index contributed by atoms with van der Waals surface area (Å²) in [4.78, 5) is 15.5. The van der Waals surface area contributed by atoms with Gasteiger partial charge in [-0.25, -0.2) is 0 Å². The number of fused-ring (bicyclic) bond motifs is 4. The number of rotatable bonds is 5. The highest BCUT2D eigenvalue weighted by Gasteiger charge is 2.39. The number of benzene rings is 1. The lowest BCUT2D eigenvalue weighted by molar-refractivity contribution is 0.0681. The second-order valence-electron chi connectivity index (χ2n) is 9.78. The fourth-order valence-electron chi connectivity index (χ4n) is 6.35. The normalized spacial score (nSPS) is 33.3. The Labute approximate surface area is 180 Å². The number of nitrogens with zero attached hydrogens (tertiary/aromatic N) is 1. The number of likely N-dealkylation sites (tertiary alicyclic amines) is 1. The van der Waals surface area contributed by atoms with E-state index < -0.39 is 0 Å². The van der Waals surface area contributed by atoms with E-state index in [9.17, 15) is 4.79 Å². The zero-order valence-corrected chi connectivity index (χ0v) is 17.4. The average Bonchev–Trinajstić information content (AvgIpc) is 3.31. The molecule has 1 amide bonds. The van der Waals surface area contributed by atoms with E-state index in [2.05, 4.69) is 21.6 Å². The van der Waals surface area contributed by atoms with Gasteiger partial charge in [-0.3, -0.25) is 9.69 Å². The molecule has 2 N–H and O–H groups in total. The van der Waals surface area contributed by atoms with Crippen molar-refractivity contribution in [2.45, 2.75) is 77.4 Å². The van der Waals surface area contributed by atoms with Gasteiger partial charge in [0.1, 0.15) is 0 Å². The summed E-state index contributed by atoms with van der Waals surface area (Å²) in [5.41, 5.74) is 2.17. The van der Waals surface area contributed by atoms with Gasteiger partial charge in [-0.2, -0.15) is 0 Å². The molecule has 5 rings (SSSR count). The van der Waals surface area contributed by atoms with Crippen LogP contribution >= 0.6 is 11.6 Å². The summed E-state index contributed by atoms with van der Waals surface area (Å²) in [5, 5.41) is 7.37. The van der Waals surface area contributed by atoms with Crippen molar-refractivity contribution >= 4 is 17.5 Å². The molecule has 2 aliphatic carbocycles. The third kappa shape index (κ3) is 4.35. The van der Waals surface area contributed by atoms with Gasteiger partial charge in [0, 0.05) is 38.3 Å². The Kier molecular flexibility index (Phi) is 6.24. The highest BCUT2D eigenvalue weighted by molar-refractivity contribution is 6.33. The molecule has 2 aliphatic heterocycles. The molecule has 4 nitrogen and oxygen atoms in total. The Morgan fingerprint density at radius 3 is 2.76 bits per heavy atom. The lowest BCUT2D eigenvalue weighted by atomic mass is 9.62. The fourth-order valence-corrected chi connectivity index (χ4v) is 6.56. The molecule has 2 atom stereocenters. The van der Waals surface area contributed by atoms with Crippen LogP contribution in [0.5, 0.6) is 0 Å². The molecular formula is C24H36ClN3O. The summed E-state index contributed by atoms with van der Waals surface area (Å²) in [6.45, 7) is 3.92. The molecule has 1 aromatic carbocycles. The second-order valence-corrected chi connectivity index (χ2v) is 10.2. The lowest BCUT2D eigenvalue weighted by Gasteiger charge is -2.45. The minimum absolute atomic E-state index is 0. The van der Waals surface area contributed by atoms with Gasteiger partial charge >= 0.3 is 0 Å². The van der Waals surface area contributed by atoms with Gasteiger partial charge in [0.05, 0.1) is 10.6 Å². The molecular weight excluding hydrogens is 382 g/mol. The van der Waals surface area contributed by atoms with Crippen LogP contribution in [0.25, 0.3) is 0 Å². The predicted octanol–water partition coefficient (Wildman–Crippen LogP) is 4.61. The van der Waals surface area contributed by atoms with Crippen LogP contribution < -0.4 is 10.6 Å². The van der Waals surface area contributed by atoms with Gasteiger partial charge in [0.25, 0.3) is 5.91 Å². The predicted molar refractivity (Wildman–Crippen MR) is 119 cm³/mol. The van der Waals surface area contributed by atoms with Crippen molar-refractivity contribution in [2.75, 3.05) is 19.6 Å². The highest BCUT2D eigenvalue weighted by Crippen LogP contribution is 2.48. The van der Waals surface area contributed by atoms with Gasteiger partial charge < -0.3 is 10.6 Å². The van der Waals surface area contributed by atoms with Crippen molar-refractivity contribution in [3.63, 3.8) is 0 Å². The lowest BCUT2D eigenvalue weighted by Crippen LogP contribution is -2.43. The van der Waals surface area contributed by atoms with Crippen LogP contribution in [0.2, 0.25) is 5.02 Å². The number of carbonyl (C=O) groups is 1. The van der Waals surface area contributed by atoms with Crippen molar-refractivity contribution < 1.29 is 4.79 Å². The molecule has 0 spiro atoms. The van der Waals surface area contributed by atoms with Crippen LogP contribution in [0.15, 0.2) is 18.2 Å². The minimum Gasteiger partial charge on any atom is -0.351 e. The Morgan fingerprint density at radius 1 is 1.28 bits per heavy atom. The second kappa shape index (κ2) is 8.56. The summed E-state index contributed by atoms with van der Waals surface area (Å²) in [5.74, 6) is 0.884. The first-order chi connectivity index (χ1) is 13.6. The largest absolute Gasteiger partial charge is 0.351 e. The Hall–Kier alpha value is -1.10. The van der Waals surface area contributed by atoms with Crippen LogP contribution in [0.3, 0.4) is 0 Å². The van der Waals surface area contributed by atoms with E-state index in [0.29, 0.717) is 28.1 Å². The van der Waals surface area contributed by atoms with E-state index in [1.54, 1.807) is 0 Å². The molecule has 4 aliphatic rings. The van der Waals surface area contributed by atoms with Gasteiger partial charge in [0.2, 0.25) is 0 Å². The van der Waals surface area contributed by atoms with E-state index in [4.69, 9.17) is 11.6 Å². The van der Waals surface area contributed by atoms with Crippen LogP contribution in [0.1, 0.15) is 74.7 Å². The molecule has 4 fully saturated rings. The molecule has 160 valence electrons. The molecule has 2 unspecified atom stereocenters. The number of amides is 1. The molecule has 0 radical (unpaired) electrons. The zero-order chi connectivity index (χ0) is 19.1. The van der Waals surface area contributed by atoms with Gasteiger partial charge in [0.15, 0.2) is 0 Å². The molecule has 29 heavy (non-hydrogen) atoms. The quantitative estimate of drug-likeness (QED) is 0.735. The molecule has 4 bridgehead atoms. The highest BCUT2D eigenvalue weighted by atomic mass is 35.5. The summed E-state index contributed by atoms with van der Waals surface area (Å²) in [6, 6.07) is 7.27. The monoisotopic (exact) mass is 417 g/mol. The Balaban J connectivity index is 0.00000205. The molecule has 5 heteroatoms. The third-order valence-corrected chi connectivity index (χ3v) is 8.15. The van der Waals surface area contributed by atoms with Crippen molar-refractivity contribution in [3.05, 3.63) is 34.3 Å². The molecule has 2 saturated heterocycles. The molecule has 0 aromatic heterocycles. The van der Waals surface area contributed by atoms with E-state index in [-0.39, 0.29) is 13.3 Å². The zero-order valence-electron chi connectivity index (χ0n) is 16.7. The molecule has 1 aromatic rings. The van der Waals surface area contributed by atoms with E-state index in [1.807, 2.05) is 12.1 Å². The standard InChI is InChI=1S/C23H32ClN3O.CH4/c24-21-6-5-17(13-27-14-18-10-19(27)12-25-18)9-20(21)22(28)26-15-23-7-1-3-16(11-23)4-2-8-23;/h5-6,9,16,18-19,25H,1-4,7-8,10-15H2,(H,26,28);1H4. The minimum atomic E-state index is -0.00136. The van der Waals surface area contributed by atoms with Crippen molar-refractivity contribution in [1.82, 2.24) is 15.5 Å². The maximum Gasteiger partial charge on any atom is 0.252 e. The number of hydrogen-bond donors (Lipinski definition) is 2. The summed E-state index contributed by atoms with van der Waals surface area (Å²) in [6.07, 6.45) is 10.5. The van der Waals surface area contributed by atoms with Gasteiger partial charge in [-0.05, 0) is 54.7 Å². The Morgan fingerprint density at radius 2 is 2.07 bits per heavy atom. The number of piperazine rings is 1. The van der Waals surface area contributed by atoms with Crippen LogP contribution in [-0.2, 0) is 6.54 Å². The summed E-state index contributed by atoms with van der Waals surface area (Å²) < 4.78 is 0. The first-order valence-electron chi connectivity index (χ1n) is 11.1. The van der Waals surface area contributed by atoms with E-state index >= 15 is 0 Å². The summed E-state index contributed by atoms with van der Waals surface area (Å²) in [7, 11) is 0. The van der Waals surface area contributed by atoms with Crippen molar-refractivity contribution in [3.8, 4) is 0 Å². The van der Waals surface area contributed by atoms with Gasteiger partial charge in [-0.15, -0.1) is 0 Å². The van der Waals surface area contributed by atoms with Crippen LogP contribution in [-0.4, -0.2) is 42.5 Å². The van der Waals surface area contributed by atoms with E-state index in [1.165, 1.54) is 56.9 Å². The van der Waals surface area contributed by atoms with Crippen molar-refractivity contribution in [2.24, 2.45) is 11.3 Å². The number of halogens is 1. The number of hydrogen-bond acceptors (Lipinski definition) is 3. The first-order valence-corrected chi connectivity index (χ1v) is 11.5. The fraction of sp³-hybridized carbons (Fsp3) is 0.708. The smallest absolute Gasteiger partial charge is 0.252 e. The van der Waals surface area contributed by atoms with Crippen LogP contribution in [0.4, 0.5) is 0 Å². The number of nitrogens with one attached hydrogen (secondary N) is 2. The van der Waals surface area contributed by atoms with Crippen molar-refractivity contribution in [1.29, 1.82) is 0 Å². The third-order valence-electron chi connectivity index (χ3n) is 7.82. The van der Waals surface area contributed by atoms with Crippen LogP contribution in [0, 0.1) is 11.3 Å².